The van der Waals surface area contributed by atoms with E-state index in [4.69, 9.17) is 5.11 Å². The van der Waals surface area contributed by atoms with Crippen molar-refractivity contribution in [2.24, 2.45) is 0 Å². The highest BCUT2D eigenvalue weighted by molar-refractivity contribution is 5.92. The number of hydrogen-bond donors (Lipinski definition) is 2. The predicted molar refractivity (Wildman–Crippen MR) is 80.7 cm³/mol. The Morgan fingerprint density at radius 3 is 2.32 bits per heavy atom. The Hall–Kier alpha value is -2.76. The minimum atomic E-state index is -1.17. The highest BCUT2D eigenvalue weighted by Crippen LogP contribution is 2.06. The number of benzene rings is 1. The van der Waals surface area contributed by atoms with Gasteiger partial charge in [-0.25, -0.2) is 14.8 Å². The van der Waals surface area contributed by atoms with Crippen LogP contribution in [0.5, 0.6) is 0 Å². The Kier molecular flexibility index (Phi) is 5.19. The molecule has 6 nitrogen and oxygen atoms in total. The zero-order valence-electron chi connectivity index (χ0n) is 12.2. The zero-order valence-corrected chi connectivity index (χ0v) is 12.2. The SMILES string of the molecule is CCC(Cc1ccccc1)NC(=O)c1cnc(C(=O)O)cn1. The average Bonchev–Trinajstić information content (AvgIpc) is 2.55. The lowest BCUT2D eigenvalue weighted by Gasteiger charge is -2.16. The number of aromatic nitrogens is 2. The monoisotopic (exact) mass is 299 g/mol. The van der Waals surface area contributed by atoms with Gasteiger partial charge in [0.15, 0.2) is 5.69 Å². The summed E-state index contributed by atoms with van der Waals surface area (Å²) in [6, 6.07) is 9.87. The molecule has 22 heavy (non-hydrogen) atoms. The van der Waals surface area contributed by atoms with Gasteiger partial charge >= 0.3 is 5.97 Å². The minimum Gasteiger partial charge on any atom is -0.476 e. The fourth-order valence-electron chi connectivity index (χ4n) is 2.01. The molecule has 1 heterocycles. The molecule has 114 valence electrons. The van der Waals surface area contributed by atoms with Crippen molar-refractivity contribution in [1.29, 1.82) is 0 Å². The lowest BCUT2D eigenvalue weighted by Crippen LogP contribution is -2.36. The Morgan fingerprint density at radius 1 is 1.14 bits per heavy atom. The fourth-order valence-corrected chi connectivity index (χ4v) is 2.01. The molecule has 0 aliphatic carbocycles. The van der Waals surface area contributed by atoms with Gasteiger partial charge in [-0.05, 0) is 18.4 Å². The van der Waals surface area contributed by atoms with E-state index in [1.165, 1.54) is 6.20 Å². The van der Waals surface area contributed by atoms with Crippen molar-refractivity contribution in [3.63, 3.8) is 0 Å². The molecular formula is C16H17N3O3. The van der Waals surface area contributed by atoms with E-state index in [-0.39, 0.29) is 23.3 Å². The minimum absolute atomic E-state index is 0.0177. The van der Waals surface area contributed by atoms with Gasteiger partial charge in [-0.3, -0.25) is 4.79 Å². The van der Waals surface area contributed by atoms with Crippen LogP contribution in [0.1, 0.15) is 39.9 Å². The summed E-state index contributed by atoms with van der Waals surface area (Å²) in [7, 11) is 0. The van der Waals surface area contributed by atoms with Crippen LogP contribution < -0.4 is 5.32 Å². The molecule has 0 spiro atoms. The highest BCUT2D eigenvalue weighted by Gasteiger charge is 2.15. The summed E-state index contributed by atoms with van der Waals surface area (Å²) in [6.45, 7) is 1.99. The number of hydrogen-bond acceptors (Lipinski definition) is 4. The first-order valence-corrected chi connectivity index (χ1v) is 7.00. The molecular weight excluding hydrogens is 282 g/mol. The smallest absolute Gasteiger partial charge is 0.356 e. The van der Waals surface area contributed by atoms with Crippen molar-refractivity contribution in [2.45, 2.75) is 25.8 Å². The Labute approximate surface area is 128 Å². The third kappa shape index (κ3) is 4.12. The molecule has 0 radical (unpaired) electrons. The van der Waals surface area contributed by atoms with E-state index < -0.39 is 5.97 Å². The number of carbonyl (C=O) groups is 2. The van der Waals surface area contributed by atoms with Crippen molar-refractivity contribution in [1.82, 2.24) is 15.3 Å². The standard InChI is InChI=1S/C16H17N3O3/c1-2-12(8-11-6-4-3-5-7-11)19-15(20)13-9-18-14(10-17-13)16(21)22/h3-7,9-10,12H,2,8H2,1H3,(H,19,20)(H,21,22). The number of rotatable bonds is 6. The van der Waals surface area contributed by atoms with Gasteiger partial charge in [0, 0.05) is 6.04 Å². The van der Waals surface area contributed by atoms with E-state index in [1.807, 2.05) is 37.3 Å². The molecule has 0 aliphatic rings. The Balaban J connectivity index is 2.01. The van der Waals surface area contributed by atoms with Gasteiger partial charge in [0.25, 0.3) is 5.91 Å². The Bertz CT molecular complexity index is 641. The first kappa shape index (κ1) is 15.6. The van der Waals surface area contributed by atoms with Crippen LogP contribution in [0.3, 0.4) is 0 Å². The molecule has 1 unspecified atom stereocenters. The van der Waals surface area contributed by atoms with Crippen molar-refractivity contribution >= 4 is 11.9 Å². The van der Waals surface area contributed by atoms with E-state index in [0.29, 0.717) is 0 Å². The summed E-state index contributed by atoms with van der Waals surface area (Å²) >= 11 is 0. The predicted octanol–water partition coefficient (Wildman–Crippen LogP) is 1.93. The molecule has 1 amide bonds. The van der Waals surface area contributed by atoms with Crippen LogP contribution in [0.4, 0.5) is 0 Å². The Morgan fingerprint density at radius 2 is 1.77 bits per heavy atom. The summed E-state index contributed by atoms with van der Waals surface area (Å²) in [5, 5.41) is 11.7. The van der Waals surface area contributed by atoms with Crippen molar-refractivity contribution in [2.75, 3.05) is 0 Å². The molecule has 0 saturated heterocycles. The van der Waals surface area contributed by atoms with Crippen LogP contribution >= 0.6 is 0 Å². The average molecular weight is 299 g/mol. The third-order valence-corrected chi connectivity index (χ3v) is 3.26. The maximum Gasteiger partial charge on any atom is 0.356 e. The van der Waals surface area contributed by atoms with Gasteiger partial charge < -0.3 is 10.4 Å². The van der Waals surface area contributed by atoms with Crippen molar-refractivity contribution in [3.05, 3.63) is 59.7 Å². The zero-order chi connectivity index (χ0) is 15.9. The second-order valence-corrected chi connectivity index (χ2v) is 4.86. The number of carbonyl (C=O) groups excluding carboxylic acids is 1. The lowest BCUT2D eigenvalue weighted by atomic mass is 10.0. The molecule has 2 N–H and O–H groups in total. The van der Waals surface area contributed by atoms with E-state index in [1.54, 1.807) is 0 Å². The fraction of sp³-hybridized carbons (Fsp3) is 0.250. The van der Waals surface area contributed by atoms with Crippen molar-refractivity contribution in [3.8, 4) is 0 Å². The first-order valence-electron chi connectivity index (χ1n) is 7.00. The maximum atomic E-state index is 12.1. The van der Waals surface area contributed by atoms with Gasteiger partial charge in [-0.15, -0.1) is 0 Å². The molecule has 6 heteroatoms. The molecule has 1 aromatic heterocycles. The molecule has 1 atom stereocenters. The molecule has 0 bridgehead atoms. The quantitative estimate of drug-likeness (QED) is 0.850. The molecule has 0 aliphatic heterocycles. The van der Waals surface area contributed by atoms with Gasteiger partial charge in [-0.1, -0.05) is 37.3 Å². The number of nitrogens with one attached hydrogen (secondary N) is 1. The van der Waals surface area contributed by atoms with Crippen LogP contribution in [0.15, 0.2) is 42.7 Å². The molecule has 2 rings (SSSR count). The van der Waals surface area contributed by atoms with E-state index in [2.05, 4.69) is 15.3 Å². The molecule has 2 aromatic rings. The second kappa shape index (κ2) is 7.31. The van der Waals surface area contributed by atoms with Gasteiger partial charge in [0.1, 0.15) is 5.69 Å². The largest absolute Gasteiger partial charge is 0.476 e. The number of amides is 1. The molecule has 1 aromatic carbocycles. The van der Waals surface area contributed by atoms with Crippen LogP contribution in [0.2, 0.25) is 0 Å². The highest BCUT2D eigenvalue weighted by atomic mass is 16.4. The first-order chi connectivity index (χ1) is 10.6. The summed E-state index contributed by atoms with van der Waals surface area (Å²) in [5.74, 6) is -1.53. The topological polar surface area (TPSA) is 92.2 Å². The van der Waals surface area contributed by atoms with E-state index in [0.717, 1.165) is 24.6 Å². The molecule has 0 fully saturated rings. The van der Waals surface area contributed by atoms with Crippen molar-refractivity contribution < 1.29 is 14.7 Å². The summed E-state index contributed by atoms with van der Waals surface area (Å²) in [6.07, 6.45) is 3.76. The molecule has 0 saturated carbocycles. The third-order valence-electron chi connectivity index (χ3n) is 3.26. The summed E-state index contributed by atoms with van der Waals surface area (Å²) in [4.78, 5) is 30.4. The lowest BCUT2D eigenvalue weighted by molar-refractivity contribution is 0.0689. The number of carboxylic acid groups (broad SMARTS) is 1. The van der Waals surface area contributed by atoms with Crippen LogP contribution in [0, 0.1) is 0 Å². The summed E-state index contributed by atoms with van der Waals surface area (Å²) < 4.78 is 0. The van der Waals surface area contributed by atoms with Gasteiger partial charge in [0.2, 0.25) is 0 Å². The van der Waals surface area contributed by atoms with E-state index in [9.17, 15) is 9.59 Å². The summed E-state index contributed by atoms with van der Waals surface area (Å²) in [5.41, 5.74) is 1.06. The second-order valence-electron chi connectivity index (χ2n) is 4.86. The normalized spacial score (nSPS) is 11.7. The van der Waals surface area contributed by atoms with Crippen LogP contribution in [0.25, 0.3) is 0 Å². The van der Waals surface area contributed by atoms with Crippen LogP contribution in [-0.2, 0) is 6.42 Å². The van der Waals surface area contributed by atoms with Crippen LogP contribution in [-0.4, -0.2) is 33.0 Å². The number of nitrogens with zero attached hydrogens (tertiary/aromatic N) is 2. The number of carboxylic acids is 1. The van der Waals surface area contributed by atoms with Gasteiger partial charge in [0.05, 0.1) is 12.4 Å². The number of aromatic carboxylic acids is 1. The van der Waals surface area contributed by atoms with E-state index >= 15 is 0 Å². The maximum absolute atomic E-state index is 12.1. The van der Waals surface area contributed by atoms with Gasteiger partial charge in [-0.2, -0.15) is 0 Å².